The summed E-state index contributed by atoms with van der Waals surface area (Å²) in [5.74, 6) is 0.511. The molecule has 1 amide bonds. The summed E-state index contributed by atoms with van der Waals surface area (Å²) >= 11 is 3.32. The number of hydrogen-bond donors (Lipinski definition) is 0. The van der Waals surface area contributed by atoms with Crippen molar-refractivity contribution < 1.29 is 27.4 Å². The molecule has 26 heavy (non-hydrogen) atoms. The molecule has 1 heterocycles. The molecule has 0 aromatic heterocycles. The molecular formula is C17H16BrNO6S. The van der Waals surface area contributed by atoms with Crippen molar-refractivity contribution in [3.8, 4) is 17.2 Å². The lowest BCUT2D eigenvalue weighted by Gasteiger charge is -2.15. The summed E-state index contributed by atoms with van der Waals surface area (Å²) in [6.45, 7) is -0.0641. The van der Waals surface area contributed by atoms with Crippen molar-refractivity contribution >= 4 is 31.9 Å². The van der Waals surface area contributed by atoms with E-state index >= 15 is 0 Å². The predicted octanol–water partition coefficient (Wildman–Crippen LogP) is 2.69. The number of fused-ring (bicyclic) bond motifs is 1. The first-order valence-electron chi connectivity index (χ1n) is 7.60. The predicted molar refractivity (Wildman–Crippen MR) is 97.4 cm³/mol. The molecule has 0 aliphatic carbocycles. The van der Waals surface area contributed by atoms with Gasteiger partial charge in [0, 0.05) is 10.5 Å². The Labute approximate surface area is 159 Å². The SMILES string of the molecule is COc1cc2c(cc1OC)S(=O)(=O)N(CCOc1ccc(Br)cc1)C2=O. The van der Waals surface area contributed by atoms with Gasteiger partial charge in [-0.2, -0.15) is 0 Å². The van der Waals surface area contributed by atoms with Gasteiger partial charge in [-0.1, -0.05) is 15.9 Å². The second-order valence-corrected chi connectivity index (χ2v) is 8.13. The molecule has 0 saturated heterocycles. The molecule has 9 heteroatoms. The first-order valence-corrected chi connectivity index (χ1v) is 9.83. The van der Waals surface area contributed by atoms with Crippen LogP contribution in [0.1, 0.15) is 10.4 Å². The van der Waals surface area contributed by atoms with Crippen LogP contribution < -0.4 is 14.2 Å². The van der Waals surface area contributed by atoms with Gasteiger partial charge in [-0.15, -0.1) is 0 Å². The third kappa shape index (κ3) is 3.24. The number of carbonyl (C=O) groups excluding carboxylic acids is 1. The van der Waals surface area contributed by atoms with E-state index in [2.05, 4.69) is 15.9 Å². The third-order valence-electron chi connectivity index (χ3n) is 3.89. The van der Waals surface area contributed by atoms with E-state index in [4.69, 9.17) is 14.2 Å². The number of ether oxygens (including phenoxy) is 3. The lowest BCUT2D eigenvalue weighted by Crippen LogP contribution is -2.33. The average Bonchev–Trinajstić information content (AvgIpc) is 2.82. The van der Waals surface area contributed by atoms with Gasteiger partial charge in [0.15, 0.2) is 11.5 Å². The van der Waals surface area contributed by atoms with Crippen LogP contribution in [0.4, 0.5) is 0 Å². The fraction of sp³-hybridized carbons (Fsp3) is 0.235. The molecule has 2 aromatic rings. The smallest absolute Gasteiger partial charge is 0.269 e. The first kappa shape index (κ1) is 18.5. The Balaban J connectivity index is 1.81. The number of hydrogen-bond acceptors (Lipinski definition) is 6. The van der Waals surface area contributed by atoms with Crippen molar-refractivity contribution in [2.75, 3.05) is 27.4 Å². The molecular weight excluding hydrogens is 426 g/mol. The van der Waals surface area contributed by atoms with E-state index in [1.54, 1.807) is 12.1 Å². The zero-order valence-corrected chi connectivity index (χ0v) is 16.5. The molecule has 138 valence electrons. The van der Waals surface area contributed by atoms with Crippen LogP contribution in [0.2, 0.25) is 0 Å². The van der Waals surface area contributed by atoms with Crippen LogP contribution in [0.25, 0.3) is 0 Å². The summed E-state index contributed by atoms with van der Waals surface area (Å²) < 4.78 is 42.9. The van der Waals surface area contributed by atoms with E-state index < -0.39 is 15.9 Å². The number of rotatable bonds is 6. The van der Waals surface area contributed by atoms with E-state index in [0.29, 0.717) is 11.5 Å². The summed E-state index contributed by atoms with van der Waals surface area (Å²) in [5.41, 5.74) is 0.0614. The van der Waals surface area contributed by atoms with E-state index in [1.807, 2.05) is 12.1 Å². The van der Waals surface area contributed by atoms with E-state index in [1.165, 1.54) is 26.4 Å². The molecule has 0 atom stereocenters. The van der Waals surface area contributed by atoms with Crippen LogP contribution in [0.3, 0.4) is 0 Å². The number of methoxy groups -OCH3 is 2. The van der Waals surface area contributed by atoms with E-state index in [9.17, 15) is 13.2 Å². The maximum absolute atomic E-state index is 12.7. The molecule has 0 saturated carbocycles. The highest BCUT2D eigenvalue weighted by molar-refractivity contribution is 9.10. The highest BCUT2D eigenvalue weighted by atomic mass is 79.9. The monoisotopic (exact) mass is 441 g/mol. The Bertz CT molecular complexity index is 942. The minimum Gasteiger partial charge on any atom is -0.493 e. The fourth-order valence-electron chi connectivity index (χ4n) is 2.60. The highest BCUT2D eigenvalue weighted by Crippen LogP contribution is 2.38. The van der Waals surface area contributed by atoms with Crippen LogP contribution in [-0.2, 0) is 10.0 Å². The van der Waals surface area contributed by atoms with Gasteiger partial charge in [-0.05, 0) is 30.3 Å². The Hall–Kier alpha value is -2.26. The van der Waals surface area contributed by atoms with Crippen molar-refractivity contribution in [1.29, 1.82) is 0 Å². The Kier molecular flexibility index (Phi) is 5.10. The van der Waals surface area contributed by atoms with Gasteiger partial charge in [0.25, 0.3) is 15.9 Å². The molecule has 0 N–H and O–H groups in total. The maximum Gasteiger partial charge on any atom is 0.269 e. The van der Waals surface area contributed by atoms with Crippen LogP contribution in [0.5, 0.6) is 17.2 Å². The molecule has 7 nitrogen and oxygen atoms in total. The van der Waals surface area contributed by atoms with Crippen LogP contribution in [-0.4, -0.2) is 46.0 Å². The van der Waals surface area contributed by atoms with Crippen LogP contribution in [0, 0.1) is 0 Å². The minimum absolute atomic E-state index is 0.0366. The van der Waals surface area contributed by atoms with Crippen molar-refractivity contribution in [2.24, 2.45) is 0 Å². The van der Waals surface area contributed by atoms with Gasteiger partial charge >= 0.3 is 0 Å². The Morgan fingerprint density at radius 2 is 1.65 bits per heavy atom. The van der Waals surface area contributed by atoms with Gasteiger partial charge in [0.2, 0.25) is 0 Å². The zero-order chi connectivity index (χ0) is 18.9. The molecule has 0 bridgehead atoms. The van der Waals surface area contributed by atoms with E-state index in [0.717, 1.165) is 8.78 Å². The van der Waals surface area contributed by atoms with Crippen LogP contribution >= 0.6 is 15.9 Å². The largest absolute Gasteiger partial charge is 0.493 e. The van der Waals surface area contributed by atoms with Crippen molar-refractivity contribution in [2.45, 2.75) is 4.90 Å². The molecule has 2 aromatic carbocycles. The first-order chi connectivity index (χ1) is 12.4. The summed E-state index contributed by atoms with van der Waals surface area (Å²) in [7, 11) is -1.13. The summed E-state index contributed by atoms with van der Waals surface area (Å²) in [6, 6.07) is 9.79. The maximum atomic E-state index is 12.7. The highest BCUT2D eigenvalue weighted by Gasteiger charge is 2.42. The van der Waals surface area contributed by atoms with Gasteiger partial charge in [-0.3, -0.25) is 4.79 Å². The molecule has 0 unspecified atom stereocenters. The number of amides is 1. The van der Waals surface area contributed by atoms with Gasteiger partial charge < -0.3 is 14.2 Å². The normalized spacial score (nSPS) is 14.9. The number of carbonyl (C=O) groups is 1. The number of benzene rings is 2. The third-order valence-corrected chi connectivity index (χ3v) is 6.24. The number of sulfonamides is 1. The lowest BCUT2D eigenvalue weighted by molar-refractivity contribution is 0.0856. The van der Waals surface area contributed by atoms with Gasteiger partial charge in [0.1, 0.15) is 17.3 Å². The van der Waals surface area contributed by atoms with Crippen molar-refractivity contribution in [3.05, 3.63) is 46.4 Å². The molecule has 0 spiro atoms. The van der Waals surface area contributed by atoms with Crippen molar-refractivity contribution in [1.82, 2.24) is 4.31 Å². The van der Waals surface area contributed by atoms with Gasteiger partial charge in [0.05, 0.1) is 26.3 Å². The topological polar surface area (TPSA) is 82.1 Å². The number of nitrogens with zero attached hydrogens (tertiary/aromatic N) is 1. The summed E-state index contributed by atoms with van der Waals surface area (Å²) in [6.07, 6.45) is 0. The Morgan fingerprint density at radius 3 is 2.27 bits per heavy atom. The standard InChI is InChI=1S/C17H16BrNO6S/c1-23-14-9-13-16(10-15(14)24-2)26(21,22)19(17(13)20)7-8-25-12-5-3-11(18)4-6-12/h3-6,9-10H,7-8H2,1-2H3. The Morgan fingerprint density at radius 1 is 1.04 bits per heavy atom. The quantitative estimate of drug-likeness (QED) is 0.685. The van der Waals surface area contributed by atoms with Gasteiger partial charge in [-0.25, -0.2) is 12.7 Å². The number of halogens is 1. The molecule has 1 aliphatic rings. The second-order valence-electron chi connectivity index (χ2n) is 5.39. The molecule has 0 radical (unpaired) electrons. The lowest BCUT2D eigenvalue weighted by atomic mass is 10.2. The average molecular weight is 442 g/mol. The summed E-state index contributed by atoms with van der Waals surface area (Å²) in [4.78, 5) is 12.5. The van der Waals surface area contributed by atoms with Crippen LogP contribution in [0.15, 0.2) is 45.8 Å². The molecule has 0 fully saturated rings. The van der Waals surface area contributed by atoms with E-state index in [-0.39, 0.29) is 29.4 Å². The minimum atomic E-state index is -3.95. The fourth-order valence-corrected chi connectivity index (χ4v) is 4.42. The zero-order valence-electron chi connectivity index (χ0n) is 14.1. The molecule has 1 aliphatic heterocycles. The molecule has 3 rings (SSSR count). The summed E-state index contributed by atoms with van der Waals surface area (Å²) in [5, 5.41) is 0. The van der Waals surface area contributed by atoms with Crippen molar-refractivity contribution in [3.63, 3.8) is 0 Å². The second kappa shape index (κ2) is 7.16.